The van der Waals surface area contributed by atoms with E-state index in [0.29, 0.717) is 6.61 Å². The van der Waals surface area contributed by atoms with Crippen molar-refractivity contribution in [2.45, 2.75) is 26.0 Å². The summed E-state index contributed by atoms with van der Waals surface area (Å²) in [4.78, 5) is 3.81. The topological polar surface area (TPSA) is 34.1 Å². The minimum absolute atomic E-state index is 0.0180. The van der Waals surface area contributed by atoms with Gasteiger partial charge in [-0.25, -0.2) is 4.39 Å². The van der Waals surface area contributed by atoms with Crippen molar-refractivity contribution in [1.82, 2.24) is 10.3 Å². The summed E-state index contributed by atoms with van der Waals surface area (Å²) >= 11 is 0. The van der Waals surface area contributed by atoms with Gasteiger partial charge < -0.3 is 10.1 Å². The molecule has 0 saturated carbocycles. The number of ether oxygens (including phenoxy) is 1. The van der Waals surface area contributed by atoms with Gasteiger partial charge in [-0.15, -0.1) is 0 Å². The summed E-state index contributed by atoms with van der Waals surface area (Å²) in [6.07, 6.45) is 3.01. The van der Waals surface area contributed by atoms with Crippen molar-refractivity contribution in [3.8, 4) is 0 Å². The molecular formula is C11H17FN2O. The Hall–Kier alpha value is -1.00. The Kier molecular flexibility index (Phi) is 4.65. The highest BCUT2D eigenvalue weighted by atomic mass is 19.1. The fourth-order valence-corrected chi connectivity index (χ4v) is 1.25. The number of hydrogen-bond acceptors (Lipinski definition) is 3. The van der Waals surface area contributed by atoms with Crippen LogP contribution in [0.3, 0.4) is 0 Å². The maximum Gasteiger partial charge on any atom is 0.141 e. The third-order valence-corrected chi connectivity index (χ3v) is 2.07. The van der Waals surface area contributed by atoms with Gasteiger partial charge >= 0.3 is 0 Å². The zero-order valence-electron chi connectivity index (χ0n) is 9.33. The van der Waals surface area contributed by atoms with Crippen LogP contribution in [-0.2, 0) is 4.74 Å². The van der Waals surface area contributed by atoms with E-state index in [1.54, 1.807) is 6.20 Å². The van der Waals surface area contributed by atoms with E-state index in [1.807, 2.05) is 20.9 Å². The summed E-state index contributed by atoms with van der Waals surface area (Å²) in [5.41, 5.74) is 0.804. The van der Waals surface area contributed by atoms with E-state index in [0.717, 1.165) is 5.56 Å². The Balaban J connectivity index is 2.65. The van der Waals surface area contributed by atoms with Crippen LogP contribution in [0.5, 0.6) is 0 Å². The molecule has 0 fully saturated rings. The standard InChI is InChI=1S/C11H17FN2O/c1-8(2)15-7-11(13-3)9-4-10(12)6-14-5-9/h4-6,8,11,13H,7H2,1-3H3. The zero-order valence-corrected chi connectivity index (χ0v) is 9.33. The first kappa shape index (κ1) is 12.1. The Morgan fingerprint density at radius 1 is 1.47 bits per heavy atom. The number of aromatic nitrogens is 1. The predicted molar refractivity (Wildman–Crippen MR) is 57.1 cm³/mol. The molecule has 0 spiro atoms. The minimum Gasteiger partial charge on any atom is -0.377 e. The van der Waals surface area contributed by atoms with Crippen molar-refractivity contribution in [3.63, 3.8) is 0 Å². The third-order valence-electron chi connectivity index (χ3n) is 2.07. The lowest BCUT2D eigenvalue weighted by Gasteiger charge is -2.18. The van der Waals surface area contributed by atoms with Crippen LogP contribution in [0.15, 0.2) is 18.5 Å². The SMILES string of the molecule is CNC(COC(C)C)c1cncc(F)c1. The van der Waals surface area contributed by atoms with Crippen molar-refractivity contribution in [1.29, 1.82) is 0 Å². The Morgan fingerprint density at radius 2 is 2.20 bits per heavy atom. The number of likely N-dealkylation sites (N-methyl/N-ethyl adjacent to an activating group) is 1. The smallest absolute Gasteiger partial charge is 0.141 e. The zero-order chi connectivity index (χ0) is 11.3. The highest BCUT2D eigenvalue weighted by molar-refractivity contribution is 5.15. The maximum atomic E-state index is 12.9. The van der Waals surface area contributed by atoms with Crippen LogP contribution in [0.1, 0.15) is 25.5 Å². The summed E-state index contributed by atoms with van der Waals surface area (Å²) in [6.45, 7) is 4.45. The molecule has 0 aliphatic heterocycles. The summed E-state index contributed by atoms with van der Waals surface area (Å²) in [5.74, 6) is -0.322. The fourth-order valence-electron chi connectivity index (χ4n) is 1.25. The molecule has 0 aromatic carbocycles. The van der Waals surface area contributed by atoms with Gasteiger partial charge in [-0.2, -0.15) is 0 Å². The highest BCUT2D eigenvalue weighted by Gasteiger charge is 2.11. The van der Waals surface area contributed by atoms with Crippen LogP contribution in [0, 0.1) is 5.82 Å². The van der Waals surface area contributed by atoms with E-state index in [1.165, 1.54) is 12.3 Å². The number of pyridine rings is 1. The Morgan fingerprint density at radius 3 is 2.73 bits per heavy atom. The average molecular weight is 212 g/mol. The molecule has 0 radical (unpaired) electrons. The first-order valence-electron chi connectivity index (χ1n) is 5.02. The van der Waals surface area contributed by atoms with Crippen molar-refractivity contribution in [2.75, 3.05) is 13.7 Å². The van der Waals surface area contributed by atoms with Crippen LogP contribution in [0.4, 0.5) is 4.39 Å². The molecule has 1 atom stereocenters. The van der Waals surface area contributed by atoms with Crippen LogP contribution in [0.25, 0.3) is 0 Å². The number of nitrogens with one attached hydrogen (secondary N) is 1. The molecule has 1 aromatic heterocycles. The monoisotopic (exact) mass is 212 g/mol. The molecule has 0 aliphatic rings. The predicted octanol–water partition coefficient (Wildman–Crippen LogP) is 1.91. The second kappa shape index (κ2) is 5.78. The molecule has 84 valence electrons. The lowest BCUT2D eigenvalue weighted by molar-refractivity contribution is 0.0625. The summed E-state index contributed by atoms with van der Waals surface area (Å²) in [7, 11) is 1.82. The molecule has 1 N–H and O–H groups in total. The van der Waals surface area contributed by atoms with Gasteiger partial charge in [0.05, 0.1) is 24.9 Å². The van der Waals surface area contributed by atoms with Gasteiger partial charge in [0.15, 0.2) is 0 Å². The first-order valence-corrected chi connectivity index (χ1v) is 5.02. The van der Waals surface area contributed by atoms with E-state index in [9.17, 15) is 4.39 Å². The van der Waals surface area contributed by atoms with Gasteiger partial charge in [0.2, 0.25) is 0 Å². The van der Waals surface area contributed by atoms with Crippen molar-refractivity contribution >= 4 is 0 Å². The molecule has 1 heterocycles. The lowest BCUT2D eigenvalue weighted by Crippen LogP contribution is -2.23. The first-order chi connectivity index (χ1) is 7.13. The molecule has 0 bridgehead atoms. The van der Waals surface area contributed by atoms with E-state index in [-0.39, 0.29) is 18.0 Å². The quantitative estimate of drug-likeness (QED) is 0.809. The molecule has 1 unspecified atom stereocenters. The van der Waals surface area contributed by atoms with Crippen LogP contribution < -0.4 is 5.32 Å². The van der Waals surface area contributed by atoms with Crippen molar-refractivity contribution < 1.29 is 9.13 Å². The van der Waals surface area contributed by atoms with E-state index in [2.05, 4.69) is 10.3 Å². The van der Waals surface area contributed by atoms with E-state index < -0.39 is 0 Å². The fraction of sp³-hybridized carbons (Fsp3) is 0.545. The van der Waals surface area contributed by atoms with E-state index >= 15 is 0 Å². The van der Waals surface area contributed by atoms with E-state index in [4.69, 9.17) is 4.74 Å². The van der Waals surface area contributed by atoms with Crippen LogP contribution in [0.2, 0.25) is 0 Å². The molecule has 3 nitrogen and oxygen atoms in total. The third kappa shape index (κ3) is 3.93. The number of nitrogens with zero attached hydrogens (tertiary/aromatic N) is 1. The molecular weight excluding hydrogens is 195 g/mol. The normalized spacial score (nSPS) is 13.1. The van der Waals surface area contributed by atoms with Crippen LogP contribution >= 0.6 is 0 Å². The summed E-state index contributed by atoms with van der Waals surface area (Å²) < 4.78 is 18.4. The Bertz CT molecular complexity index is 304. The van der Waals surface area contributed by atoms with Crippen molar-refractivity contribution in [2.24, 2.45) is 0 Å². The second-order valence-corrected chi connectivity index (χ2v) is 3.66. The lowest BCUT2D eigenvalue weighted by atomic mass is 10.1. The largest absolute Gasteiger partial charge is 0.377 e. The van der Waals surface area contributed by atoms with Gasteiger partial charge in [-0.05, 0) is 32.5 Å². The van der Waals surface area contributed by atoms with Gasteiger partial charge in [0.1, 0.15) is 5.82 Å². The molecule has 4 heteroatoms. The highest BCUT2D eigenvalue weighted by Crippen LogP contribution is 2.13. The molecule has 1 aromatic rings. The average Bonchev–Trinajstić information content (AvgIpc) is 2.18. The molecule has 0 saturated heterocycles. The number of rotatable bonds is 5. The second-order valence-electron chi connectivity index (χ2n) is 3.66. The summed E-state index contributed by atoms with van der Waals surface area (Å²) in [5, 5.41) is 3.07. The minimum atomic E-state index is -0.322. The molecule has 0 aliphatic carbocycles. The summed E-state index contributed by atoms with van der Waals surface area (Å²) in [6, 6.07) is 1.45. The number of hydrogen-bond donors (Lipinski definition) is 1. The molecule has 1 rings (SSSR count). The van der Waals surface area contributed by atoms with Gasteiger partial charge in [-0.1, -0.05) is 0 Å². The van der Waals surface area contributed by atoms with Gasteiger partial charge in [0.25, 0.3) is 0 Å². The molecule has 15 heavy (non-hydrogen) atoms. The molecule has 0 amide bonds. The maximum absolute atomic E-state index is 12.9. The van der Waals surface area contributed by atoms with Gasteiger partial charge in [0, 0.05) is 6.20 Å². The van der Waals surface area contributed by atoms with Crippen molar-refractivity contribution in [3.05, 3.63) is 29.8 Å². The van der Waals surface area contributed by atoms with Crippen LogP contribution in [-0.4, -0.2) is 24.7 Å². The Labute approximate surface area is 89.7 Å². The van der Waals surface area contributed by atoms with Gasteiger partial charge in [-0.3, -0.25) is 4.98 Å². The number of halogens is 1.